The van der Waals surface area contributed by atoms with Gasteiger partial charge in [-0.3, -0.25) is 4.79 Å². The van der Waals surface area contributed by atoms with E-state index in [1.165, 1.54) is 0 Å². The van der Waals surface area contributed by atoms with Gasteiger partial charge in [0.1, 0.15) is 0 Å². The number of Topliss-reactive ketones (excluding diaryl/α,β-unsaturated/α-hetero) is 1. The molecule has 0 aliphatic carbocycles. The molecule has 2 N–H and O–H groups in total. The molecule has 94 valence electrons. The number of ketones is 1. The zero-order valence-electron chi connectivity index (χ0n) is 11.2. The van der Waals surface area contributed by atoms with Gasteiger partial charge >= 0.3 is 0 Å². The first-order valence-electron chi connectivity index (χ1n) is 5.75. The molecule has 1 aromatic rings. The Morgan fingerprint density at radius 3 is 1.94 bits per heavy atom. The van der Waals surface area contributed by atoms with Crippen LogP contribution in [-0.2, 0) is 0 Å². The van der Waals surface area contributed by atoms with Gasteiger partial charge in [-0.2, -0.15) is 0 Å². The molecule has 3 heteroatoms. The van der Waals surface area contributed by atoms with Crippen LogP contribution in [-0.4, -0.2) is 22.0 Å². The molecule has 0 aliphatic heterocycles. The van der Waals surface area contributed by atoms with Crippen LogP contribution in [0.5, 0.6) is 0 Å². The molecule has 0 unspecified atom stereocenters. The zero-order valence-corrected chi connectivity index (χ0v) is 11.2. The van der Waals surface area contributed by atoms with E-state index >= 15 is 0 Å². The third-order valence-electron chi connectivity index (χ3n) is 3.28. The number of carbonyl (C=O) groups excluding carboxylic acids is 1. The van der Waals surface area contributed by atoms with E-state index in [0.29, 0.717) is 5.56 Å². The number of aliphatic hydroxyl groups is 1. The van der Waals surface area contributed by atoms with Gasteiger partial charge in [0.15, 0.2) is 5.78 Å². The minimum Gasteiger partial charge on any atom is -0.388 e. The van der Waals surface area contributed by atoms with Crippen molar-refractivity contribution in [2.24, 2.45) is 0 Å². The summed E-state index contributed by atoms with van der Waals surface area (Å²) in [7, 11) is 0. The summed E-state index contributed by atoms with van der Waals surface area (Å²) in [4.78, 5) is 11.1. The lowest BCUT2D eigenvalue weighted by Crippen LogP contribution is -2.51. The molecule has 0 radical (unpaired) electrons. The van der Waals surface area contributed by atoms with Gasteiger partial charge in [0.25, 0.3) is 0 Å². The molecular formula is C14H21NO2. The molecule has 0 saturated heterocycles. The molecule has 0 aliphatic rings. The van der Waals surface area contributed by atoms with E-state index in [9.17, 15) is 9.90 Å². The minimum atomic E-state index is -0.841. The number of benzene rings is 1. The fourth-order valence-electron chi connectivity index (χ4n) is 1.30. The Kier molecular flexibility index (Phi) is 3.62. The molecule has 1 rings (SSSR count). The Balaban J connectivity index is 2.86. The van der Waals surface area contributed by atoms with Crippen molar-refractivity contribution in [3.8, 4) is 0 Å². The monoisotopic (exact) mass is 235 g/mol. The molecule has 0 amide bonds. The highest BCUT2D eigenvalue weighted by Crippen LogP contribution is 2.25. The summed E-state index contributed by atoms with van der Waals surface area (Å²) in [5.41, 5.74) is 0.288. The quantitative estimate of drug-likeness (QED) is 0.789. The maximum atomic E-state index is 11.1. The zero-order chi connectivity index (χ0) is 13.3. The molecule has 0 bridgehead atoms. The Hall–Kier alpha value is -1.35. The fourth-order valence-corrected chi connectivity index (χ4v) is 1.30. The number of nitrogens with one attached hydrogen (secondary N) is 1. The van der Waals surface area contributed by atoms with Gasteiger partial charge in [-0.1, -0.05) is 0 Å². The largest absolute Gasteiger partial charge is 0.388 e. The molecule has 0 heterocycles. The maximum Gasteiger partial charge on any atom is 0.159 e. The Morgan fingerprint density at radius 1 is 1.12 bits per heavy atom. The van der Waals surface area contributed by atoms with E-state index in [4.69, 9.17) is 0 Å². The lowest BCUT2D eigenvalue weighted by molar-refractivity contribution is 0.0240. The van der Waals surface area contributed by atoms with Crippen LogP contribution >= 0.6 is 0 Å². The smallest absolute Gasteiger partial charge is 0.159 e. The molecule has 17 heavy (non-hydrogen) atoms. The summed E-state index contributed by atoms with van der Waals surface area (Å²) in [6.45, 7) is 8.95. The molecular weight excluding hydrogens is 214 g/mol. The lowest BCUT2D eigenvalue weighted by atomic mass is 9.86. The average Bonchev–Trinajstić information content (AvgIpc) is 2.16. The first kappa shape index (κ1) is 13.7. The highest BCUT2D eigenvalue weighted by molar-refractivity contribution is 5.94. The van der Waals surface area contributed by atoms with Crippen molar-refractivity contribution in [1.82, 2.24) is 0 Å². The molecule has 0 atom stereocenters. The third kappa shape index (κ3) is 3.30. The van der Waals surface area contributed by atoms with Crippen molar-refractivity contribution >= 4 is 11.5 Å². The normalized spacial score (nSPS) is 12.4. The van der Waals surface area contributed by atoms with Gasteiger partial charge in [0, 0.05) is 11.3 Å². The van der Waals surface area contributed by atoms with Crippen molar-refractivity contribution in [1.29, 1.82) is 0 Å². The van der Waals surface area contributed by atoms with E-state index in [0.717, 1.165) is 5.69 Å². The van der Waals surface area contributed by atoms with Crippen molar-refractivity contribution < 1.29 is 9.90 Å². The van der Waals surface area contributed by atoms with Crippen LogP contribution in [0.15, 0.2) is 24.3 Å². The first-order valence-corrected chi connectivity index (χ1v) is 5.75. The topological polar surface area (TPSA) is 49.3 Å². The number of hydrogen-bond acceptors (Lipinski definition) is 3. The van der Waals surface area contributed by atoms with E-state index in [-0.39, 0.29) is 5.78 Å². The molecule has 1 aromatic carbocycles. The van der Waals surface area contributed by atoms with Crippen LogP contribution in [0.25, 0.3) is 0 Å². The van der Waals surface area contributed by atoms with Crippen molar-refractivity contribution in [3.63, 3.8) is 0 Å². The first-order chi connectivity index (χ1) is 7.63. The summed E-state index contributed by atoms with van der Waals surface area (Å²) in [5, 5.41) is 13.3. The Morgan fingerprint density at radius 2 is 1.59 bits per heavy atom. The average molecular weight is 235 g/mol. The number of carbonyl (C=O) groups is 1. The summed E-state index contributed by atoms with van der Waals surface area (Å²) < 4.78 is 0. The van der Waals surface area contributed by atoms with Crippen molar-refractivity contribution in [3.05, 3.63) is 29.8 Å². The summed E-state index contributed by atoms with van der Waals surface area (Å²) in [6.07, 6.45) is 0. The van der Waals surface area contributed by atoms with Crippen LogP contribution < -0.4 is 5.32 Å². The van der Waals surface area contributed by atoms with Gasteiger partial charge in [-0.05, 0) is 58.9 Å². The van der Waals surface area contributed by atoms with Crippen LogP contribution in [0.2, 0.25) is 0 Å². The molecule has 0 fully saturated rings. The fraction of sp³-hybridized carbons (Fsp3) is 0.500. The predicted octanol–water partition coefficient (Wildman–Crippen LogP) is 2.85. The molecule has 0 aromatic heterocycles. The van der Waals surface area contributed by atoms with Crippen LogP contribution in [0, 0.1) is 0 Å². The molecule has 0 spiro atoms. The molecule has 3 nitrogen and oxygen atoms in total. The summed E-state index contributed by atoms with van der Waals surface area (Å²) in [5.74, 6) is 0.0540. The van der Waals surface area contributed by atoms with Crippen LogP contribution in [0.3, 0.4) is 0 Å². The van der Waals surface area contributed by atoms with E-state index in [1.807, 2.05) is 26.0 Å². The van der Waals surface area contributed by atoms with Crippen molar-refractivity contribution in [2.75, 3.05) is 5.32 Å². The van der Waals surface area contributed by atoms with Gasteiger partial charge in [0.05, 0.1) is 11.1 Å². The Labute approximate surface area is 103 Å². The maximum absolute atomic E-state index is 11.1. The SMILES string of the molecule is CC(=O)c1ccc(NC(C)(C)C(C)(C)O)cc1. The van der Waals surface area contributed by atoms with Crippen molar-refractivity contribution in [2.45, 2.75) is 45.8 Å². The van der Waals surface area contributed by atoms with E-state index in [1.54, 1.807) is 32.9 Å². The van der Waals surface area contributed by atoms with Gasteiger partial charge in [0.2, 0.25) is 0 Å². The second kappa shape index (κ2) is 4.49. The van der Waals surface area contributed by atoms with Gasteiger partial charge in [-0.15, -0.1) is 0 Å². The number of rotatable bonds is 4. The highest BCUT2D eigenvalue weighted by Gasteiger charge is 2.34. The van der Waals surface area contributed by atoms with Gasteiger partial charge < -0.3 is 10.4 Å². The summed E-state index contributed by atoms with van der Waals surface area (Å²) >= 11 is 0. The van der Waals surface area contributed by atoms with Gasteiger partial charge in [-0.25, -0.2) is 0 Å². The molecule has 0 saturated carbocycles. The second-order valence-corrected chi connectivity index (χ2v) is 5.44. The number of hydrogen-bond donors (Lipinski definition) is 2. The third-order valence-corrected chi connectivity index (χ3v) is 3.28. The predicted molar refractivity (Wildman–Crippen MR) is 70.4 cm³/mol. The summed E-state index contributed by atoms with van der Waals surface area (Å²) in [6, 6.07) is 7.27. The van der Waals surface area contributed by atoms with E-state index in [2.05, 4.69) is 5.32 Å². The standard InChI is InChI=1S/C14H21NO2/c1-10(16)11-6-8-12(9-7-11)15-13(2,3)14(4,5)17/h6-9,15,17H,1-5H3. The minimum absolute atomic E-state index is 0.0540. The van der Waals surface area contributed by atoms with Crippen LogP contribution in [0.1, 0.15) is 45.0 Å². The lowest BCUT2D eigenvalue weighted by Gasteiger charge is -2.38. The number of anilines is 1. The van der Waals surface area contributed by atoms with E-state index < -0.39 is 11.1 Å². The Bertz CT molecular complexity index is 399. The highest BCUT2D eigenvalue weighted by atomic mass is 16.3. The second-order valence-electron chi connectivity index (χ2n) is 5.44. The van der Waals surface area contributed by atoms with Crippen LogP contribution in [0.4, 0.5) is 5.69 Å².